The number of esters is 1. The molecule has 15 heavy (non-hydrogen) atoms. The zero-order valence-electron chi connectivity index (χ0n) is 8.64. The minimum absolute atomic E-state index is 0.171. The van der Waals surface area contributed by atoms with Crippen molar-refractivity contribution in [2.24, 2.45) is 0 Å². The van der Waals surface area contributed by atoms with E-state index in [-0.39, 0.29) is 12.1 Å². The molecule has 1 aliphatic rings. The fraction of sp³-hybridized carbons (Fsp3) is 0.364. The van der Waals surface area contributed by atoms with Gasteiger partial charge in [-0.2, -0.15) is 0 Å². The number of ether oxygens (including phenoxy) is 1. The molecule has 2 rings (SSSR count). The fourth-order valence-corrected chi connectivity index (χ4v) is 1.52. The Labute approximate surface area is 88.8 Å². The largest absolute Gasteiger partial charge is 0.469 e. The third-order valence-corrected chi connectivity index (χ3v) is 2.43. The van der Waals surface area contributed by atoms with Crippen molar-refractivity contribution in [1.29, 1.82) is 0 Å². The van der Waals surface area contributed by atoms with Crippen LogP contribution < -0.4 is 5.43 Å². The standard InChI is InChI=1S/C11H14N2O2/c1-15-10(14)7-8-13-11(12-13)9-5-3-2-4-6-9/h2-6,11-12H,7-8H2,1H3. The average Bonchev–Trinajstić information content (AvgIpc) is 3.06. The minimum Gasteiger partial charge on any atom is -0.469 e. The van der Waals surface area contributed by atoms with E-state index < -0.39 is 0 Å². The Kier molecular flexibility index (Phi) is 2.99. The molecule has 0 aliphatic carbocycles. The summed E-state index contributed by atoms with van der Waals surface area (Å²) in [6, 6.07) is 10.1. The summed E-state index contributed by atoms with van der Waals surface area (Å²) in [5, 5.41) is 2.02. The highest BCUT2D eigenvalue weighted by Crippen LogP contribution is 2.27. The van der Waals surface area contributed by atoms with Crippen LogP contribution in [0.2, 0.25) is 0 Å². The first-order chi connectivity index (χ1) is 7.31. The second-order valence-corrected chi connectivity index (χ2v) is 3.46. The number of nitrogens with one attached hydrogen (secondary N) is 1. The van der Waals surface area contributed by atoms with Gasteiger partial charge in [0.05, 0.1) is 13.5 Å². The van der Waals surface area contributed by atoms with E-state index in [0.29, 0.717) is 13.0 Å². The average molecular weight is 206 g/mol. The third kappa shape index (κ3) is 2.55. The smallest absolute Gasteiger partial charge is 0.306 e. The van der Waals surface area contributed by atoms with Crippen molar-refractivity contribution in [3.8, 4) is 0 Å². The van der Waals surface area contributed by atoms with Crippen LogP contribution in [0.25, 0.3) is 0 Å². The van der Waals surface area contributed by atoms with Crippen molar-refractivity contribution >= 4 is 5.97 Å². The predicted molar refractivity (Wildman–Crippen MR) is 55.7 cm³/mol. The summed E-state index contributed by atoms with van der Waals surface area (Å²) in [5.41, 5.74) is 4.41. The quantitative estimate of drug-likeness (QED) is 0.591. The van der Waals surface area contributed by atoms with Crippen LogP contribution in [0.4, 0.5) is 0 Å². The van der Waals surface area contributed by atoms with Gasteiger partial charge in [-0.3, -0.25) is 4.79 Å². The number of rotatable bonds is 4. The Hall–Kier alpha value is -1.39. The summed E-state index contributed by atoms with van der Waals surface area (Å²) in [4.78, 5) is 10.9. The molecule has 2 unspecified atom stereocenters. The summed E-state index contributed by atoms with van der Waals surface area (Å²) in [7, 11) is 1.41. The Morgan fingerprint density at radius 3 is 2.87 bits per heavy atom. The number of hydrazine groups is 1. The first-order valence-electron chi connectivity index (χ1n) is 4.96. The molecule has 1 N–H and O–H groups in total. The van der Waals surface area contributed by atoms with E-state index in [1.54, 1.807) is 0 Å². The number of benzene rings is 1. The van der Waals surface area contributed by atoms with Crippen molar-refractivity contribution in [3.05, 3.63) is 35.9 Å². The molecule has 0 radical (unpaired) electrons. The van der Waals surface area contributed by atoms with Crippen molar-refractivity contribution < 1.29 is 9.53 Å². The number of hydrogen-bond acceptors (Lipinski definition) is 4. The second kappa shape index (κ2) is 4.42. The van der Waals surface area contributed by atoms with Crippen molar-refractivity contribution in [2.45, 2.75) is 12.6 Å². The number of nitrogens with zero attached hydrogens (tertiary/aromatic N) is 1. The van der Waals surface area contributed by atoms with Crippen LogP contribution >= 0.6 is 0 Å². The fourth-order valence-electron chi connectivity index (χ4n) is 1.52. The lowest BCUT2D eigenvalue weighted by Gasteiger charge is -2.00. The molecule has 0 amide bonds. The Morgan fingerprint density at radius 1 is 1.47 bits per heavy atom. The monoisotopic (exact) mass is 206 g/mol. The van der Waals surface area contributed by atoms with Crippen molar-refractivity contribution in [2.75, 3.05) is 13.7 Å². The van der Waals surface area contributed by atoms with Gasteiger partial charge in [0.15, 0.2) is 0 Å². The molecule has 1 heterocycles. The summed E-state index contributed by atoms with van der Waals surface area (Å²) >= 11 is 0. The molecular formula is C11H14N2O2. The zero-order chi connectivity index (χ0) is 10.7. The lowest BCUT2D eigenvalue weighted by molar-refractivity contribution is -0.140. The minimum atomic E-state index is -0.171. The van der Waals surface area contributed by atoms with Crippen LogP contribution in [-0.4, -0.2) is 24.6 Å². The highest BCUT2D eigenvalue weighted by Gasteiger charge is 2.34. The first-order valence-corrected chi connectivity index (χ1v) is 4.96. The Balaban J connectivity index is 1.79. The van der Waals surface area contributed by atoms with Gasteiger partial charge in [0.1, 0.15) is 6.17 Å². The third-order valence-electron chi connectivity index (χ3n) is 2.43. The van der Waals surface area contributed by atoms with Gasteiger partial charge >= 0.3 is 5.97 Å². The van der Waals surface area contributed by atoms with Crippen LogP contribution in [0.15, 0.2) is 30.3 Å². The summed E-state index contributed by atoms with van der Waals surface area (Å²) < 4.78 is 4.58. The predicted octanol–water partition coefficient (Wildman–Crippen LogP) is 1.07. The molecule has 0 spiro atoms. The van der Waals surface area contributed by atoms with Crippen LogP contribution in [0.5, 0.6) is 0 Å². The molecular weight excluding hydrogens is 192 g/mol. The van der Waals surface area contributed by atoms with E-state index in [0.717, 1.165) is 0 Å². The number of methoxy groups -OCH3 is 1. The van der Waals surface area contributed by atoms with Crippen molar-refractivity contribution in [3.63, 3.8) is 0 Å². The highest BCUT2D eigenvalue weighted by atomic mass is 16.5. The van der Waals surface area contributed by atoms with E-state index in [2.05, 4.69) is 22.3 Å². The first kappa shape index (κ1) is 10.1. The van der Waals surface area contributed by atoms with Gasteiger partial charge in [-0.25, -0.2) is 10.4 Å². The molecule has 1 aliphatic heterocycles. The van der Waals surface area contributed by atoms with Gasteiger partial charge in [0, 0.05) is 6.54 Å². The van der Waals surface area contributed by atoms with Crippen LogP contribution in [-0.2, 0) is 9.53 Å². The molecule has 1 fully saturated rings. The van der Waals surface area contributed by atoms with Crippen LogP contribution in [0, 0.1) is 0 Å². The van der Waals surface area contributed by atoms with Crippen LogP contribution in [0.1, 0.15) is 18.2 Å². The Bertz CT molecular complexity index is 340. The maximum Gasteiger partial charge on any atom is 0.306 e. The molecule has 80 valence electrons. The summed E-state index contributed by atoms with van der Waals surface area (Å²) in [5.74, 6) is -0.171. The zero-order valence-corrected chi connectivity index (χ0v) is 8.64. The van der Waals surface area contributed by atoms with E-state index in [9.17, 15) is 4.79 Å². The topological polar surface area (TPSA) is 51.2 Å². The second-order valence-electron chi connectivity index (χ2n) is 3.46. The molecule has 1 aromatic carbocycles. The SMILES string of the molecule is COC(=O)CCN1NC1c1ccccc1. The van der Waals surface area contributed by atoms with E-state index in [1.807, 2.05) is 23.2 Å². The van der Waals surface area contributed by atoms with Gasteiger partial charge in [-0.1, -0.05) is 30.3 Å². The maximum absolute atomic E-state index is 10.9. The number of carbonyl (C=O) groups is 1. The van der Waals surface area contributed by atoms with Gasteiger partial charge in [0.2, 0.25) is 0 Å². The van der Waals surface area contributed by atoms with Gasteiger partial charge < -0.3 is 4.74 Å². The lowest BCUT2D eigenvalue weighted by atomic mass is 10.2. The van der Waals surface area contributed by atoms with Gasteiger partial charge in [-0.15, -0.1) is 0 Å². The number of carbonyl (C=O) groups excluding carboxylic acids is 1. The Morgan fingerprint density at radius 2 is 2.20 bits per heavy atom. The summed E-state index contributed by atoms with van der Waals surface area (Å²) in [6.45, 7) is 0.687. The molecule has 0 bridgehead atoms. The van der Waals surface area contributed by atoms with Crippen LogP contribution in [0.3, 0.4) is 0 Å². The molecule has 1 saturated heterocycles. The van der Waals surface area contributed by atoms with E-state index >= 15 is 0 Å². The molecule has 4 heteroatoms. The normalized spacial score (nSPS) is 23.5. The molecule has 1 aromatic rings. The summed E-state index contributed by atoms with van der Waals surface area (Å²) in [6.07, 6.45) is 0.683. The molecule has 0 saturated carbocycles. The molecule has 0 aromatic heterocycles. The molecule has 2 atom stereocenters. The maximum atomic E-state index is 10.9. The van der Waals surface area contributed by atoms with E-state index in [4.69, 9.17) is 0 Å². The highest BCUT2D eigenvalue weighted by molar-refractivity contribution is 5.69. The molecule has 4 nitrogen and oxygen atoms in total. The van der Waals surface area contributed by atoms with E-state index in [1.165, 1.54) is 12.7 Å². The van der Waals surface area contributed by atoms with Gasteiger partial charge in [0.25, 0.3) is 0 Å². The van der Waals surface area contributed by atoms with Crippen molar-refractivity contribution in [1.82, 2.24) is 10.4 Å². The lowest BCUT2D eigenvalue weighted by Crippen LogP contribution is -2.10. The number of hydrogen-bond donors (Lipinski definition) is 1. The van der Waals surface area contributed by atoms with Gasteiger partial charge in [-0.05, 0) is 5.56 Å².